The Morgan fingerprint density at radius 2 is 2.16 bits per heavy atom. The number of pyridine rings is 1. The summed E-state index contributed by atoms with van der Waals surface area (Å²) in [5.74, 6) is 0.245. The van der Waals surface area contributed by atoms with Gasteiger partial charge in [-0.3, -0.25) is 10.1 Å². The molecular formula is C12H7ClN4O2. The van der Waals surface area contributed by atoms with Crippen LogP contribution in [-0.4, -0.2) is 9.91 Å². The van der Waals surface area contributed by atoms with E-state index in [1.54, 1.807) is 24.3 Å². The number of nitrogens with one attached hydrogen (secondary N) is 1. The lowest BCUT2D eigenvalue weighted by molar-refractivity contribution is -0.384. The van der Waals surface area contributed by atoms with Crippen LogP contribution in [0, 0.1) is 21.4 Å². The number of hydrogen-bond donors (Lipinski definition) is 1. The lowest BCUT2D eigenvalue weighted by Gasteiger charge is -2.06. The predicted molar refractivity (Wildman–Crippen MR) is 70.3 cm³/mol. The minimum absolute atomic E-state index is 0.0214. The van der Waals surface area contributed by atoms with Crippen molar-refractivity contribution in [3.8, 4) is 6.07 Å². The Bertz CT molecular complexity index is 682. The first-order valence-corrected chi connectivity index (χ1v) is 5.55. The maximum absolute atomic E-state index is 10.7. The second kappa shape index (κ2) is 5.33. The van der Waals surface area contributed by atoms with Gasteiger partial charge in [-0.25, -0.2) is 4.98 Å². The number of nitro groups is 1. The number of aromatic nitrogens is 1. The first kappa shape index (κ1) is 12.8. The molecule has 7 heteroatoms. The number of hydrogen-bond acceptors (Lipinski definition) is 5. The van der Waals surface area contributed by atoms with Gasteiger partial charge in [0.2, 0.25) is 0 Å². The summed E-state index contributed by atoms with van der Waals surface area (Å²) in [7, 11) is 0. The van der Waals surface area contributed by atoms with Gasteiger partial charge in [0.25, 0.3) is 5.69 Å². The Morgan fingerprint density at radius 3 is 2.84 bits per heavy atom. The molecule has 1 aromatic heterocycles. The summed E-state index contributed by atoms with van der Waals surface area (Å²) in [5.41, 5.74) is 0.920. The molecule has 0 fully saturated rings. The van der Waals surface area contributed by atoms with Crippen molar-refractivity contribution in [3.63, 3.8) is 0 Å². The zero-order valence-corrected chi connectivity index (χ0v) is 10.3. The van der Waals surface area contributed by atoms with Crippen molar-refractivity contribution in [2.45, 2.75) is 0 Å². The van der Waals surface area contributed by atoms with Crippen LogP contribution in [0.3, 0.4) is 0 Å². The summed E-state index contributed by atoms with van der Waals surface area (Å²) < 4.78 is 0. The van der Waals surface area contributed by atoms with Crippen molar-refractivity contribution in [2.75, 3.05) is 5.32 Å². The molecule has 0 aliphatic heterocycles. The lowest BCUT2D eigenvalue weighted by atomic mass is 10.2. The normalized spacial score (nSPS) is 9.68. The third-order valence-electron chi connectivity index (χ3n) is 2.25. The molecule has 0 saturated heterocycles. The Kier molecular flexibility index (Phi) is 3.59. The molecule has 0 unspecified atom stereocenters. The minimum Gasteiger partial charge on any atom is -0.340 e. The molecule has 2 rings (SSSR count). The zero-order valence-electron chi connectivity index (χ0n) is 9.50. The minimum atomic E-state index is -0.551. The third-order valence-corrected chi connectivity index (χ3v) is 2.45. The van der Waals surface area contributed by atoms with Crippen molar-refractivity contribution in [3.05, 3.63) is 57.2 Å². The maximum Gasteiger partial charge on any atom is 0.276 e. The fourth-order valence-corrected chi connectivity index (χ4v) is 1.67. The van der Waals surface area contributed by atoms with Crippen LogP contribution in [0.1, 0.15) is 5.56 Å². The SMILES string of the molecule is N#Cc1cccc(Nc2cc([N+](=O)[O-])cc(Cl)n2)c1. The highest BCUT2D eigenvalue weighted by Crippen LogP contribution is 2.23. The van der Waals surface area contributed by atoms with Crippen molar-refractivity contribution in [2.24, 2.45) is 0 Å². The maximum atomic E-state index is 10.7. The molecule has 0 aliphatic carbocycles. The number of benzene rings is 1. The first-order valence-electron chi connectivity index (χ1n) is 5.17. The van der Waals surface area contributed by atoms with Crippen LogP contribution in [0.25, 0.3) is 0 Å². The predicted octanol–water partition coefficient (Wildman–Crippen LogP) is 3.26. The molecule has 0 bridgehead atoms. The second-order valence-electron chi connectivity index (χ2n) is 3.61. The van der Waals surface area contributed by atoms with Crippen LogP contribution >= 0.6 is 11.6 Å². The van der Waals surface area contributed by atoms with E-state index in [0.717, 1.165) is 0 Å². The lowest BCUT2D eigenvalue weighted by Crippen LogP contribution is -1.96. The molecule has 1 aromatic carbocycles. The van der Waals surface area contributed by atoms with E-state index in [1.807, 2.05) is 6.07 Å². The summed E-state index contributed by atoms with van der Waals surface area (Å²) in [6.07, 6.45) is 0. The molecule has 6 nitrogen and oxygen atoms in total. The van der Waals surface area contributed by atoms with Crippen LogP contribution < -0.4 is 5.32 Å². The molecule has 0 amide bonds. The van der Waals surface area contributed by atoms with Gasteiger partial charge in [0, 0.05) is 5.69 Å². The van der Waals surface area contributed by atoms with Gasteiger partial charge in [-0.1, -0.05) is 17.7 Å². The molecule has 1 heterocycles. The van der Waals surface area contributed by atoms with Crippen molar-refractivity contribution in [1.29, 1.82) is 5.26 Å². The molecule has 94 valence electrons. The molecule has 0 saturated carbocycles. The van der Waals surface area contributed by atoms with Crippen molar-refractivity contribution < 1.29 is 4.92 Å². The highest BCUT2D eigenvalue weighted by Gasteiger charge is 2.10. The monoisotopic (exact) mass is 274 g/mol. The van der Waals surface area contributed by atoms with Gasteiger partial charge >= 0.3 is 0 Å². The average molecular weight is 275 g/mol. The molecule has 1 N–H and O–H groups in total. The molecule has 2 aromatic rings. The van der Waals surface area contributed by atoms with Gasteiger partial charge in [-0.2, -0.15) is 5.26 Å². The summed E-state index contributed by atoms with van der Waals surface area (Å²) in [6.45, 7) is 0. The van der Waals surface area contributed by atoms with E-state index in [2.05, 4.69) is 10.3 Å². The second-order valence-corrected chi connectivity index (χ2v) is 4.00. The number of anilines is 2. The van der Waals surface area contributed by atoms with Gasteiger partial charge in [0.15, 0.2) is 0 Å². The standard InChI is InChI=1S/C12H7ClN4O2/c13-11-5-10(17(18)19)6-12(16-11)15-9-3-1-2-8(4-9)7-14/h1-6H,(H,15,16). The highest BCUT2D eigenvalue weighted by molar-refractivity contribution is 6.29. The fraction of sp³-hybridized carbons (Fsp3) is 0. The Labute approximate surface area is 113 Å². The summed E-state index contributed by atoms with van der Waals surface area (Å²) in [5, 5.41) is 22.4. The van der Waals surface area contributed by atoms with E-state index < -0.39 is 4.92 Å². The van der Waals surface area contributed by atoms with E-state index in [-0.39, 0.29) is 16.7 Å². The summed E-state index contributed by atoms with van der Waals surface area (Å²) >= 11 is 5.71. The largest absolute Gasteiger partial charge is 0.340 e. The number of halogens is 1. The van der Waals surface area contributed by atoms with Gasteiger partial charge in [-0.05, 0) is 18.2 Å². The fourth-order valence-electron chi connectivity index (χ4n) is 1.47. The van der Waals surface area contributed by atoms with Gasteiger partial charge < -0.3 is 5.32 Å². The number of rotatable bonds is 3. The highest BCUT2D eigenvalue weighted by atomic mass is 35.5. The van der Waals surface area contributed by atoms with Crippen LogP contribution in [-0.2, 0) is 0 Å². The summed E-state index contributed by atoms with van der Waals surface area (Å²) in [6, 6.07) is 11.1. The van der Waals surface area contributed by atoms with Gasteiger partial charge in [-0.15, -0.1) is 0 Å². The average Bonchev–Trinajstić information content (AvgIpc) is 2.38. The Hall–Kier alpha value is -2.65. The quantitative estimate of drug-likeness (QED) is 0.527. The van der Waals surface area contributed by atoms with Crippen LogP contribution in [0.15, 0.2) is 36.4 Å². The van der Waals surface area contributed by atoms with E-state index >= 15 is 0 Å². The molecule has 0 radical (unpaired) electrons. The smallest absolute Gasteiger partial charge is 0.276 e. The number of nitrogens with zero attached hydrogens (tertiary/aromatic N) is 3. The van der Waals surface area contributed by atoms with Crippen molar-refractivity contribution in [1.82, 2.24) is 4.98 Å². The van der Waals surface area contributed by atoms with Crippen LogP contribution in [0.2, 0.25) is 5.15 Å². The van der Waals surface area contributed by atoms with Crippen LogP contribution in [0.4, 0.5) is 17.2 Å². The Morgan fingerprint density at radius 1 is 1.37 bits per heavy atom. The zero-order chi connectivity index (χ0) is 13.8. The molecule has 0 aliphatic rings. The van der Waals surface area contributed by atoms with E-state index in [1.165, 1.54) is 12.1 Å². The van der Waals surface area contributed by atoms with E-state index in [9.17, 15) is 10.1 Å². The molecular weight excluding hydrogens is 268 g/mol. The van der Waals surface area contributed by atoms with Crippen molar-refractivity contribution >= 4 is 28.8 Å². The molecule has 0 spiro atoms. The van der Waals surface area contributed by atoms with E-state index in [4.69, 9.17) is 16.9 Å². The molecule has 19 heavy (non-hydrogen) atoms. The third kappa shape index (κ3) is 3.18. The Balaban J connectivity index is 2.33. The number of nitriles is 1. The van der Waals surface area contributed by atoms with Crippen LogP contribution in [0.5, 0.6) is 0 Å². The molecule has 0 atom stereocenters. The summed E-state index contributed by atoms with van der Waals surface area (Å²) in [4.78, 5) is 14.1. The van der Waals surface area contributed by atoms with E-state index in [0.29, 0.717) is 11.3 Å². The van der Waals surface area contributed by atoms with Gasteiger partial charge in [0.1, 0.15) is 11.0 Å². The topological polar surface area (TPSA) is 91.8 Å². The first-order chi connectivity index (χ1) is 9.08. The van der Waals surface area contributed by atoms with Gasteiger partial charge in [0.05, 0.1) is 28.7 Å².